The Morgan fingerprint density at radius 2 is 2.00 bits per heavy atom. The van der Waals surface area contributed by atoms with E-state index < -0.39 is 0 Å². The smallest absolute Gasteiger partial charge is 0.100 e. The van der Waals surface area contributed by atoms with Crippen LogP contribution in [0.1, 0.15) is 21.9 Å². The Morgan fingerprint density at radius 3 is 2.68 bits per heavy atom. The van der Waals surface area contributed by atoms with Gasteiger partial charge in [-0.3, -0.25) is 0 Å². The van der Waals surface area contributed by atoms with Gasteiger partial charge in [0.25, 0.3) is 0 Å². The maximum absolute atomic E-state index is 5.32. The average Bonchev–Trinajstić information content (AvgIpc) is 3.07. The number of furan rings is 1. The molecule has 19 heavy (non-hydrogen) atoms. The normalized spacial score (nSPS) is 11.1. The van der Waals surface area contributed by atoms with Crippen LogP contribution in [0, 0.1) is 13.8 Å². The molecule has 0 radical (unpaired) electrons. The van der Waals surface area contributed by atoms with E-state index in [9.17, 15) is 0 Å². The van der Waals surface area contributed by atoms with Gasteiger partial charge in [-0.15, -0.1) is 11.3 Å². The molecule has 0 atom stereocenters. The van der Waals surface area contributed by atoms with E-state index >= 15 is 0 Å². The van der Waals surface area contributed by atoms with E-state index in [0.717, 1.165) is 18.6 Å². The van der Waals surface area contributed by atoms with Gasteiger partial charge in [-0.05, 0) is 61.4 Å². The second-order valence-corrected chi connectivity index (χ2v) is 6.04. The number of aryl methyl sites for hydroxylation is 4. The summed E-state index contributed by atoms with van der Waals surface area (Å²) in [6.07, 6.45) is 5.97. The van der Waals surface area contributed by atoms with E-state index in [1.165, 1.54) is 27.3 Å². The molecule has 1 N–H and O–H groups in total. The zero-order valence-electron chi connectivity index (χ0n) is 11.2. The number of hydrogen-bond donors (Lipinski definition) is 1. The number of H-pyrrole nitrogens is 1. The summed E-state index contributed by atoms with van der Waals surface area (Å²) in [5.74, 6) is 0.982. The number of thiophene rings is 1. The van der Waals surface area contributed by atoms with Gasteiger partial charge in [-0.25, -0.2) is 0 Å². The molecule has 2 nitrogen and oxygen atoms in total. The van der Waals surface area contributed by atoms with Gasteiger partial charge in [-0.1, -0.05) is 0 Å². The summed E-state index contributed by atoms with van der Waals surface area (Å²) < 4.78 is 5.32. The van der Waals surface area contributed by atoms with Crippen LogP contribution in [-0.4, -0.2) is 4.98 Å². The number of hydrogen-bond acceptors (Lipinski definition) is 2. The van der Waals surface area contributed by atoms with Crippen LogP contribution in [0.2, 0.25) is 0 Å². The SMILES string of the molecule is Cc1cc(CCc2cc(-c3csc(C)c3)c[nH]2)co1. The fraction of sp³-hybridized carbons (Fsp3) is 0.250. The van der Waals surface area contributed by atoms with Crippen molar-refractivity contribution in [3.8, 4) is 11.1 Å². The minimum atomic E-state index is 0.982. The van der Waals surface area contributed by atoms with Crippen molar-refractivity contribution in [2.75, 3.05) is 0 Å². The first-order valence-electron chi connectivity index (χ1n) is 6.47. The third kappa shape index (κ3) is 2.82. The Morgan fingerprint density at radius 1 is 1.11 bits per heavy atom. The van der Waals surface area contributed by atoms with Gasteiger partial charge in [0.15, 0.2) is 0 Å². The van der Waals surface area contributed by atoms with E-state index in [-0.39, 0.29) is 0 Å². The third-order valence-corrected chi connectivity index (χ3v) is 4.14. The van der Waals surface area contributed by atoms with Gasteiger partial charge in [0.1, 0.15) is 5.76 Å². The van der Waals surface area contributed by atoms with Crippen molar-refractivity contribution >= 4 is 11.3 Å². The molecule has 3 aromatic heterocycles. The predicted molar refractivity (Wildman–Crippen MR) is 79.7 cm³/mol. The van der Waals surface area contributed by atoms with Crippen LogP contribution < -0.4 is 0 Å². The maximum atomic E-state index is 5.32. The molecule has 0 aliphatic rings. The maximum Gasteiger partial charge on any atom is 0.100 e. The van der Waals surface area contributed by atoms with E-state index in [4.69, 9.17) is 4.42 Å². The molecule has 0 unspecified atom stereocenters. The van der Waals surface area contributed by atoms with Gasteiger partial charge in [-0.2, -0.15) is 0 Å². The topological polar surface area (TPSA) is 28.9 Å². The van der Waals surface area contributed by atoms with Crippen LogP contribution >= 0.6 is 11.3 Å². The van der Waals surface area contributed by atoms with Gasteiger partial charge < -0.3 is 9.40 Å². The Bertz CT molecular complexity index is 674. The monoisotopic (exact) mass is 271 g/mol. The molecule has 3 heterocycles. The first-order chi connectivity index (χ1) is 9.20. The lowest BCUT2D eigenvalue weighted by atomic mass is 10.1. The zero-order valence-corrected chi connectivity index (χ0v) is 12.0. The Labute approximate surface area is 117 Å². The van der Waals surface area contributed by atoms with Crippen LogP contribution in [0.5, 0.6) is 0 Å². The number of aromatic nitrogens is 1. The van der Waals surface area contributed by atoms with Crippen LogP contribution in [0.15, 0.2) is 40.5 Å². The summed E-state index contributed by atoms with van der Waals surface area (Å²) in [6, 6.07) is 6.58. The lowest BCUT2D eigenvalue weighted by molar-refractivity contribution is 0.531. The minimum absolute atomic E-state index is 0.982. The summed E-state index contributed by atoms with van der Waals surface area (Å²) in [6.45, 7) is 4.12. The second kappa shape index (κ2) is 5.10. The van der Waals surface area contributed by atoms with Crippen molar-refractivity contribution in [3.05, 3.63) is 57.9 Å². The van der Waals surface area contributed by atoms with Crippen molar-refractivity contribution in [3.63, 3.8) is 0 Å². The first kappa shape index (κ1) is 12.3. The Hall–Kier alpha value is -1.74. The van der Waals surface area contributed by atoms with Gasteiger partial charge in [0.2, 0.25) is 0 Å². The summed E-state index contributed by atoms with van der Waals surface area (Å²) in [5.41, 5.74) is 5.13. The van der Waals surface area contributed by atoms with Crippen molar-refractivity contribution in [1.29, 1.82) is 0 Å². The van der Waals surface area contributed by atoms with Gasteiger partial charge in [0, 0.05) is 22.3 Å². The van der Waals surface area contributed by atoms with E-state index in [0.29, 0.717) is 0 Å². The molecule has 0 saturated heterocycles. The third-order valence-electron chi connectivity index (χ3n) is 3.27. The molecule has 0 fully saturated rings. The number of nitrogens with one attached hydrogen (secondary N) is 1. The summed E-state index contributed by atoms with van der Waals surface area (Å²) in [5, 5.41) is 2.21. The van der Waals surface area contributed by atoms with Crippen LogP contribution in [0.25, 0.3) is 11.1 Å². The molecular weight excluding hydrogens is 254 g/mol. The molecule has 98 valence electrons. The van der Waals surface area contributed by atoms with E-state index in [1.807, 2.05) is 13.2 Å². The average molecular weight is 271 g/mol. The minimum Gasteiger partial charge on any atom is -0.469 e. The highest BCUT2D eigenvalue weighted by molar-refractivity contribution is 7.10. The highest BCUT2D eigenvalue weighted by atomic mass is 32.1. The molecule has 0 amide bonds. The van der Waals surface area contributed by atoms with Crippen molar-refractivity contribution in [2.45, 2.75) is 26.7 Å². The van der Waals surface area contributed by atoms with Crippen LogP contribution in [0.4, 0.5) is 0 Å². The molecule has 3 heteroatoms. The molecule has 0 aliphatic heterocycles. The number of rotatable bonds is 4. The highest BCUT2D eigenvalue weighted by Crippen LogP contribution is 2.26. The van der Waals surface area contributed by atoms with Crippen LogP contribution in [0.3, 0.4) is 0 Å². The molecular formula is C16H17NOS. The second-order valence-electron chi connectivity index (χ2n) is 4.93. The largest absolute Gasteiger partial charge is 0.469 e. The lowest BCUT2D eigenvalue weighted by Gasteiger charge is -1.94. The molecule has 0 aromatic carbocycles. The predicted octanol–water partition coefficient (Wildman–Crippen LogP) is 4.74. The molecule has 0 spiro atoms. The van der Waals surface area contributed by atoms with Crippen molar-refractivity contribution in [1.82, 2.24) is 4.98 Å². The van der Waals surface area contributed by atoms with Crippen molar-refractivity contribution in [2.24, 2.45) is 0 Å². The molecule has 0 saturated carbocycles. The van der Waals surface area contributed by atoms with E-state index in [1.54, 1.807) is 11.3 Å². The van der Waals surface area contributed by atoms with Gasteiger partial charge >= 0.3 is 0 Å². The summed E-state index contributed by atoms with van der Waals surface area (Å²) in [7, 11) is 0. The highest BCUT2D eigenvalue weighted by Gasteiger charge is 2.05. The van der Waals surface area contributed by atoms with Crippen molar-refractivity contribution < 1.29 is 4.42 Å². The Kier molecular flexibility index (Phi) is 3.30. The van der Waals surface area contributed by atoms with Gasteiger partial charge in [0.05, 0.1) is 6.26 Å². The first-order valence-corrected chi connectivity index (χ1v) is 7.35. The summed E-state index contributed by atoms with van der Waals surface area (Å²) >= 11 is 1.80. The van der Waals surface area contributed by atoms with Crippen LogP contribution in [-0.2, 0) is 12.8 Å². The zero-order chi connectivity index (χ0) is 13.2. The fourth-order valence-corrected chi connectivity index (χ4v) is 2.97. The van der Waals surface area contributed by atoms with E-state index in [2.05, 4.69) is 41.7 Å². The number of aromatic amines is 1. The summed E-state index contributed by atoms with van der Waals surface area (Å²) in [4.78, 5) is 4.72. The fourth-order valence-electron chi connectivity index (χ4n) is 2.26. The molecule has 3 rings (SSSR count). The standard InChI is InChI=1S/C16H17NOS/c1-11-5-13(9-18-11)3-4-16-7-14(8-17-16)15-6-12(2)19-10-15/h5-10,17H,3-4H2,1-2H3. The molecule has 0 aliphatic carbocycles. The molecule has 0 bridgehead atoms. The Balaban J connectivity index is 1.68. The quantitative estimate of drug-likeness (QED) is 0.729. The lowest BCUT2D eigenvalue weighted by Crippen LogP contribution is -1.88. The molecule has 3 aromatic rings.